The van der Waals surface area contributed by atoms with Crippen molar-refractivity contribution in [3.8, 4) is 0 Å². The van der Waals surface area contributed by atoms with Gasteiger partial charge in [0.15, 0.2) is 6.10 Å². The van der Waals surface area contributed by atoms with Crippen LogP contribution in [0.15, 0.2) is 18.2 Å². The topological polar surface area (TPSA) is 77.8 Å². The molecule has 0 aliphatic heterocycles. The molecule has 82 valence electrons. The number of aliphatic hydroxyl groups is 2. The lowest BCUT2D eigenvalue weighted by Gasteiger charge is -2.16. The van der Waals surface area contributed by atoms with Gasteiger partial charge in [0.25, 0.3) is 0 Å². The Kier molecular flexibility index (Phi) is 3.39. The molecule has 4 nitrogen and oxygen atoms in total. The highest BCUT2D eigenvalue weighted by molar-refractivity contribution is 5.73. The van der Waals surface area contributed by atoms with E-state index in [1.54, 1.807) is 0 Å². The second-order valence-electron chi connectivity index (χ2n) is 3.23. The molecule has 1 aromatic rings. The van der Waals surface area contributed by atoms with Crippen LogP contribution >= 0.6 is 0 Å². The van der Waals surface area contributed by atoms with Crippen molar-refractivity contribution in [2.45, 2.75) is 19.1 Å². The van der Waals surface area contributed by atoms with E-state index in [0.717, 1.165) is 12.1 Å². The van der Waals surface area contributed by atoms with E-state index < -0.39 is 24.0 Å². The van der Waals surface area contributed by atoms with Crippen molar-refractivity contribution < 1.29 is 24.5 Å². The lowest BCUT2D eigenvalue weighted by Crippen LogP contribution is -2.27. The summed E-state index contributed by atoms with van der Waals surface area (Å²) < 4.78 is 12.7. The molecule has 1 aromatic carbocycles. The number of carboxylic acid groups (broad SMARTS) is 1. The van der Waals surface area contributed by atoms with Crippen molar-refractivity contribution in [1.29, 1.82) is 0 Å². The minimum Gasteiger partial charge on any atom is -0.479 e. The van der Waals surface area contributed by atoms with Gasteiger partial charge in [-0.3, -0.25) is 0 Å². The van der Waals surface area contributed by atoms with Crippen LogP contribution in [0.1, 0.15) is 17.2 Å². The molecular formula is C10H11FO4. The van der Waals surface area contributed by atoms with Crippen molar-refractivity contribution >= 4 is 5.97 Å². The normalized spacial score (nSPS) is 14.7. The third kappa shape index (κ3) is 2.51. The highest BCUT2D eigenvalue weighted by atomic mass is 19.1. The SMILES string of the molecule is Cc1cc(F)ccc1C(O)C(O)C(=O)O. The van der Waals surface area contributed by atoms with Crippen LogP contribution in [0.3, 0.4) is 0 Å². The van der Waals surface area contributed by atoms with Gasteiger partial charge >= 0.3 is 5.97 Å². The Morgan fingerprint density at radius 3 is 2.47 bits per heavy atom. The summed E-state index contributed by atoms with van der Waals surface area (Å²) >= 11 is 0. The number of halogens is 1. The first-order valence-electron chi connectivity index (χ1n) is 4.28. The molecule has 0 amide bonds. The lowest BCUT2D eigenvalue weighted by atomic mass is 9.99. The Balaban J connectivity index is 3.01. The predicted octanol–water partition coefficient (Wildman–Crippen LogP) is 0.613. The van der Waals surface area contributed by atoms with Gasteiger partial charge < -0.3 is 15.3 Å². The molecule has 0 radical (unpaired) electrons. The summed E-state index contributed by atoms with van der Waals surface area (Å²) in [6.07, 6.45) is -3.46. The van der Waals surface area contributed by atoms with Crippen LogP contribution in [-0.4, -0.2) is 27.4 Å². The molecule has 1 rings (SSSR count). The van der Waals surface area contributed by atoms with Gasteiger partial charge in [-0.15, -0.1) is 0 Å². The van der Waals surface area contributed by atoms with Gasteiger partial charge in [-0.2, -0.15) is 0 Å². The largest absolute Gasteiger partial charge is 0.479 e. The first kappa shape index (κ1) is 11.6. The molecule has 0 aliphatic rings. The van der Waals surface area contributed by atoms with E-state index in [0.29, 0.717) is 5.56 Å². The summed E-state index contributed by atoms with van der Waals surface area (Å²) in [5, 5.41) is 27.1. The van der Waals surface area contributed by atoms with Gasteiger partial charge in [0.2, 0.25) is 0 Å². The Bertz CT molecular complexity index is 378. The van der Waals surface area contributed by atoms with E-state index in [9.17, 15) is 14.3 Å². The van der Waals surface area contributed by atoms with E-state index in [1.165, 1.54) is 13.0 Å². The van der Waals surface area contributed by atoms with Gasteiger partial charge in [0.1, 0.15) is 11.9 Å². The molecule has 0 aliphatic carbocycles. The second kappa shape index (κ2) is 4.37. The fourth-order valence-electron chi connectivity index (χ4n) is 1.28. The van der Waals surface area contributed by atoms with Crippen molar-refractivity contribution in [1.82, 2.24) is 0 Å². The van der Waals surface area contributed by atoms with Gasteiger partial charge in [-0.05, 0) is 30.2 Å². The van der Waals surface area contributed by atoms with Crippen LogP contribution in [0.2, 0.25) is 0 Å². The summed E-state index contributed by atoms with van der Waals surface area (Å²) in [5.41, 5.74) is 0.592. The van der Waals surface area contributed by atoms with Gasteiger partial charge in [-0.25, -0.2) is 9.18 Å². The number of rotatable bonds is 3. The number of hydrogen-bond donors (Lipinski definition) is 3. The fourth-order valence-corrected chi connectivity index (χ4v) is 1.28. The summed E-state index contributed by atoms with van der Waals surface area (Å²) in [4.78, 5) is 10.4. The first-order chi connectivity index (χ1) is 6.93. The molecule has 0 spiro atoms. The van der Waals surface area contributed by atoms with Crippen LogP contribution in [0.5, 0.6) is 0 Å². The molecule has 0 bridgehead atoms. The summed E-state index contributed by atoms with van der Waals surface area (Å²) in [5.74, 6) is -2.00. The van der Waals surface area contributed by atoms with E-state index >= 15 is 0 Å². The maximum atomic E-state index is 12.7. The molecule has 0 saturated carbocycles. The first-order valence-corrected chi connectivity index (χ1v) is 4.28. The zero-order chi connectivity index (χ0) is 11.6. The maximum Gasteiger partial charge on any atom is 0.335 e. The third-order valence-electron chi connectivity index (χ3n) is 2.10. The Labute approximate surface area is 85.6 Å². The van der Waals surface area contributed by atoms with Gasteiger partial charge in [0.05, 0.1) is 0 Å². The second-order valence-corrected chi connectivity index (χ2v) is 3.23. The van der Waals surface area contributed by atoms with Crippen LogP contribution in [0.4, 0.5) is 4.39 Å². The van der Waals surface area contributed by atoms with E-state index in [-0.39, 0.29) is 5.56 Å². The molecule has 0 heterocycles. The number of aliphatic carboxylic acids is 1. The van der Waals surface area contributed by atoms with E-state index in [1.807, 2.05) is 0 Å². The standard InChI is InChI=1S/C10H11FO4/c1-5-4-6(11)2-3-7(5)8(12)9(13)10(14)15/h2-4,8-9,12-13H,1H3,(H,14,15). The number of aryl methyl sites for hydroxylation is 1. The molecule has 15 heavy (non-hydrogen) atoms. The van der Waals surface area contributed by atoms with E-state index in [2.05, 4.69) is 0 Å². The molecule has 3 N–H and O–H groups in total. The minimum atomic E-state index is -1.91. The highest BCUT2D eigenvalue weighted by Gasteiger charge is 2.26. The minimum absolute atomic E-state index is 0.200. The summed E-state index contributed by atoms with van der Waals surface area (Å²) in [6, 6.07) is 3.51. The molecule has 5 heteroatoms. The fraction of sp³-hybridized carbons (Fsp3) is 0.300. The van der Waals surface area contributed by atoms with Crippen molar-refractivity contribution in [3.05, 3.63) is 35.1 Å². The van der Waals surface area contributed by atoms with Crippen molar-refractivity contribution in [2.75, 3.05) is 0 Å². The van der Waals surface area contributed by atoms with E-state index in [4.69, 9.17) is 10.2 Å². The molecule has 2 unspecified atom stereocenters. The number of carboxylic acids is 1. The van der Waals surface area contributed by atoms with Crippen molar-refractivity contribution in [2.24, 2.45) is 0 Å². The summed E-state index contributed by atoms with van der Waals surface area (Å²) in [7, 11) is 0. The summed E-state index contributed by atoms with van der Waals surface area (Å²) in [6.45, 7) is 1.52. The highest BCUT2D eigenvalue weighted by Crippen LogP contribution is 2.21. The monoisotopic (exact) mass is 214 g/mol. The number of hydrogen-bond acceptors (Lipinski definition) is 3. The molecule has 0 aromatic heterocycles. The van der Waals surface area contributed by atoms with Crippen LogP contribution < -0.4 is 0 Å². The maximum absolute atomic E-state index is 12.7. The van der Waals surface area contributed by atoms with Gasteiger partial charge in [-0.1, -0.05) is 6.07 Å². The zero-order valence-electron chi connectivity index (χ0n) is 8.01. The Morgan fingerprint density at radius 2 is 2.00 bits per heavy atom. The molecule has 0 saturated heterocycles. The third-order valence-corrected chi connectivity index (χ3v) is 2.10. The number of aliphatic hydroxyl groups excluding tert-OH is 2. The van der Waals surface area contributed by atoms with Crippen LogP contribution in [-0.2, 0) is 4.79 Å². The average molecular weight is 214 g/mol. The average Bonchev–Trinajstić information content (AvgIpc) is 2.15. The number of carbonyl (C=O) groups is 1. The molecule has 2 atom stereocenters. The zero-order valence-corrected chi connectivity index (χ0v) is 8.01. The van der Waals surface area contributed by atoms with Gasteiger partial charge in [0, 0.05) is 0 Å². The van der Waals surface area contributed by atoms with Crippen LogP contribution in [0.25, 0.3) is 0 Å². The number of benzene rings is 1. The molecular weight excluding hydrogens is 203 g/mol. The van der Waals surface area contributed by atoms with Crippen LogP contribution in [0, 0.1) is 12.7 Å². The lowest BCUT2D eigenvalue weighted by molar-refractivity contribution is -0.153. The smallest absolute Gasteiger partial charge is 0.335 e. The predicted molar refractivity (Wildman–Crippen MR) is 49.7 cm³/mol. The quantitative estimate of drug-likeness (QED) is 0.689. The Morgan fingerprint density at radius 1 is 1.40 bits per heavy atom. The molecule has 0 fully saturated rings. The van der Waals surface area contributed by atoms with Crippen molar-refractivity contribution in [3.63, 3.8) is 0 Å². The Hall–Kier alpha value is -1.46.